The zero-order chi connectivity index (χ0) is 18.8. The number of hydrogen-bond donors (Lipinski definition) is 0. The summed E-state index contributed by atoms with van der Waals surface area (Å²) in [7, 11) is 1.52. The topological polar surface area (TPSA) is 100 Å². The van der Waals surface area contributed by atoms with Crippen molar-refractivity contribution in [3.8, 4) is 5.75 Å². The first-order valence-electron chi connectivity index (χ1n) is 7.61. The third-order valence-corrected chi connectivity index (χ3v) is 4.09. The SMILES string of the molecule is COc1c(C)c(C(=O)c2ccc(N=C=O)c(C(=O)[O-])c2)n2ccccc12. The summed E-state index contributed by atoms with van der Waals surface area (Å²) >= 11 is 0. The summed E-state index contributed by atoms with van der Waals surface area (Å²) in [4.78, 5) is 38.1. The van der Waals surface area contributed by atoms with Gasteiger partial charge < -0.3 is 19.0 Å². The molecule has 0 saturated carbocycles. The van der Waals surface area contributed by atoms with Crippen LogP contribution in [-0.2, 0) is 4.79 Å². The number of carboxylic acid groups (broad SMARTS) is 1. The lowest BCUT2D eigenvalue weighted by atomic mass is 10.0. The van der Waals surface area contributed by atoms with Crippen molar-refractivity contribution in [3.05, 3.63) is 65.0 Å². The number of benzene rings is 1. The van der Waals surface area contributed by atoms with E-state index < -0.39 is 11.8 Å². The van der Waals surface area contributed by atoms with E-state index in [-0.39, 0.29) is 16.8 Å². The number of fused-ring (bicyclic) bond motifs is 1. The number of isocyanates is 1. The van der Waals surface area contributed by atoms with Gasteiger partial charge in [0.2, 0.25) is 11.9 Å². The van der Waals surface area contributed by atoms with Gasteiger partial charge in [-0.2, -0.15) is 4.99 Å². The molecule has 0 N–H and O–H groups in total. The molecular formula is C19H13N2O5-. The van der Waals surface area contributed by atoms with E-state index in [0.717, 1.165) is 11.6 Å². The summed E-state index contributed by atoms with van der Waals surface area (Å²) in [5.41, 5.74) is 1.36. The van der Waals surface area contributed by atoms with E-state index >= 15 is 0 Å². The van der Waals surface area contributed by atoms with Gasteiger partial charge in [-0.1, -0.05) is 6.07 Å². The molecule has 0 saturated heterocycles. The van der Waals surface area contributed by atoms with E-state index in [2.05, 4.69) is 4.99 Å². The van der Waals surface area contributed by atoms with E-state index in [1.54, 1.807) is 23.6 Å². The Bertz CT molecular complexity index is 1090. The van der Waals surface area contributed by atoms with Crippen LogP contribution in [0.25, 0.3) is 5.52 Å². The van der Waals surface area contributed by atoms with Crippen LogP contribution in [0.3, 0.4) is 0 Å². The van der Waals surface area contributed by atoms with E-state index in [1.807, 2.05) is 12.1 Å². The highest BCUT2D eigenvalue weighted by Gasteiger charge is 2.22. The summed E-state index contributed by atoms with van der Waals surface area (Å²) in [5, 5.41) is 11.3. The Morgan fingerprint density at radius 3 is 2.65 bits per heavy atom. The molecule has 0 amide bonds. The normalized spacial score (nSPS) is 10.4. The molecule has 0 radical (unpaired) electrons. The second-order valence-electron chi connectivity index (χ2n) is 5.51. The van der Waals surface area contributed by atoms with Crippen LogP contribution in [0.15, 0.2) is 47.6 Å². The highest BCUT2D eigenvalue weighted by atomic mass is 16.5. The maximum absolute atomic E-state index is 13.1. The van der Waals surface area contributed by atoms with E-state index in [4.69, 9.17) is 4.74 Å². The molecule has 1 aromatic carbocycles. The molecule has 2 heterocycles. The molecule has 0 fully saturated rings. The lowest BCUT2D eigenvalue weighted by Crippen LogP contribution is -2.23. The molecule has 0 unspecified atom stereocenters. The number of aromatic nitrogens is 1. The Morgan fingerprint density at radius 1 is 1.23 bits per heavy atom. The number of rotatable bonds is 5. The van der Waals surface area contributed by atoms with Crippen molar-refractivity contribution >= 4 is 29.0 Å². The van der Waals surface area contributed by atoms with Gasteiger partial charge in [0.1, 0.15) is 11.4 Å². The zero-order valence-corrected chi connectivity index (χ0v) is 14.0. The summed E-state index contributed by atoms with van der Waals surface area (Å²) in [6, 6.07) is 9.23. The van der Waals surface area contributed by atoms with Crippen LogP contribution in [0, 0.1) is 6.92 Å². The van der Waals surface area contributed by atoms with Crippen LogP contribution < -0.4 is 9.84 Å². The molecule has 26 heavy (non-hydrogen) atoms. The molecule has 0 aliphatic carbocycles. The Balaban J connectivity index is 2.21. The summed E-state index contributed by atoms with van der Waals surface area (Å²) < 4.78 is 7.09. The molecule has 0 atom stereocenters. The number of hydrogen-bond acceptors (Lipinski definition) is 6. The van der Waals surface area contributed by atoms with Gasteiger partial charge in [-0.15, -0.1) is 0 Å². The Hall–Kier alpha value is -3.70. The highest BCUT2D eigenvalue weighted by Crippen LogP contribution is 2.32. The number of pyridine rings is 1. The predicted molar refractivity (Wildman–Crippen MR) is 90.7 cm³/mol. The second-order valence-corrected chi connectivity index (χ2v) is 5.51. The maximum atomic E-state index is 13.1. The third-order valence-electron chi connectivity index (χ3n) is 4.09. The number of aliphatic imine (C=N–C) groups is 1. The van der Waals surface area contributed by atoms with E-state index in [0.29, 0.717) is 17.0 Å². The average Bonchev–Trinajstić information content (AvgIpc) is 2.92. The van der Waals surface area contributed by atoms with Crippen LogP contribution in [0.2, 0.25) is 0 Å². The number of nitrogens with zero attached hydrogens (tertiary/aromatic N) is 2. The van der Waals surface area contributed by atoms with Gasteiger partial charge in [-0.3, -0.25) is 4.79 Å². The van der Waals surface area contributed by atoms with Crippen molar-refractivity contribution in [2.45, 2.75) is 6.92 Å². The van der Waals surface area contributed by atoms with Gasteiger partial charge in [0.05, 0.1) is 24.3 Å². The first-order valence-corrected chi connectivity index (χ1v) is 7.61. The minimum absolute atomic E-state index is 0.120. The molecule has 7 nitrogen and oxygen atoms in total. The lowest BCUT2D eigenvalue weighted by Gasteiger charge is -2.09. The van der Waals surface area contributed by atoms with Crippen molar-refractivity contribution in [1.29, 1.82) is 0 Å². The van der Waals surface area contributed by atoms with Gasteiger partial charge >= 0.3 is 0 Å². The fourth-order valence-electron chi connectivity index (χ4n) is 2.96. The van der Waals surface area contributed by atoms with Crippen LogP contribution in [0.4, 0.5) is 5.69 Å². The number of carbonyl (C=O) groups excluding carboxylic acids is 3. The average molecular weight is 349 g/mol. The largest absolute Gasteiger partial charge is 0.545 e. The van der Waals surface area contributed by atoms with E-state index in [9.17, 15) is 19.5 Å². The molecule has 3 rings (SSSR count). The Kier molecular flexibility index (Phi) is 4.39. The summed E-state index contributed by atoms with van der Waals surface area (Å²) in [6.07, 6.45) is 3.01. The highest BCUT2D eigenvalue weighted by molar-refractivity contribution is 6.11. The van der Waals surface area contributed by atoms with Crippen molar-refractivity contribution < 1.29 is 24.2 Å². The molecule has 3 aromatic rings. The molecule has 0 aliphatic rings. The smallest absolute Gasteiger partial charge is 0.240 e. The quantitative estimate of drug-likeness (QED) is 0.397. The number of ether oxygens (including phenoxy) is 1. The number of carbonyl (C=O) groups is 2. The Morgan fingerprint density at radius 2 is 2.00 bits per heavy atom. The number of ketones is 1. The Labute approximate surface area is 148 Å². The molecule has 0 aliphatic heterocycles. The van der Waals surface area contributed by atoms with Gasteiger partial charge in [0.15, 0.2) is 0 Å². The monoisotopic (exact) mass is 349 g/mol. The van der Waals surface area contributed by atoms with Gasteiger partial charge in [-0.25, -0.2) is 4.79 Å². The fourth-order valence-corrected chi connectivity index (χ4v) is 2.96. The minimum Gasteiger partial charge on any atom is -0.545 e. The fraction of sp³-hybridized carbons (Fsp3) is 0.105. The third kappa shape index (κ3) is 2.66. The van der Waals surface area contributed by atoms with Gasteiger partial charge in [0.25, 0.3) is 0 Å². The molecule has 0 spiro atoms. The van der Waals surface area contributed by atoms with Gasteiger partial charge in [-0.05, 0) is 37.3 Å². The second kappa shape index (κ2) is 6.66. The molecule has 2 aromatic heterocycles. The zero-order valence-electron chi connectivity index (χ0n) is 14.0. The van der Waals surface area contributed by atoms with Crippen LogP contribution in [-0.4, -0.2) is 29.3 Å². The predicted octanol–water partition coefficient (Wildman–Crippen LogP) is 1.82. The van der Waals surface area contributed by atoms with Crippen LogP contribution >= 0.6 is 0 Å². The lowest BCUT2D eigenvalue weighted by molar-refractivity contribution is -0.254. The summed E-state index contributed by atoms with van der Waals surface area (Å²) in [5.74, 6) is -1.37. The molecular weight excluding hydrogens is 336 g/mol. The standard InChI is InChI=1S/C19H14N2O5/c1-11-16(21-8-4-3-5-15(21)18(11)26-2)17(23)12-6-7-14(20-10-22)13(9-12)19(24)25/h3-9H,1-2H3,(H,24,25)/p-1. The molecule has 7 heteroatoms. The van der Waals surface area contributed by atoms with Crippen LogP contribution in [0.5, 0.6) is 5.75 Å². The van der Waals surface area contributed by atoms with Crippen molar-refractivity contribution in [2.75, 3.05) is 7.11 Å². The van der Waals surface area contributed by atoms with Crippen molar-refractivity contribution in [3.63, 3.8) is 0 Å². The molecule has 130 valence electrons. The van der Waals surface area contributed by atoms with Gasteiger partial charge in [0, 0.05) is 22.9 Å². The first-order chi connectivity index (χ1) is 12.5. The van der Waals surface area contributed by atoms with Crippen LogP contribution in [0.1, 0.15) is 32.0 Å². The number of carboxylic acids is 1. The maximum Gasteiger partial charge on any atom is 0.240 e. The van der Waals surface area contributed by atoms with Crippen molar-refractivity contribution in [1.82, 2.24) is 4.40 Å². The number of methoxy groups -OCH3 is 1. The summed E-state index contributed by atoms with van der Waals surface area (Å²) in [6.45, 7) is 1.75. The first kappa shape index (κ1) is 17.1. The van der Waals surface area contributed by atoms with E-state index in [1.165, 1.54) is 25.3 Å². The minimum atomic E-state index is -1.54. The molecule has 0 bridgehead atoms. The van der Waals surface area contributed by atoms with Crippen molar-refractivity contribution in [2.24, 2.45) is 4.99 Å². The number of aromatic carboxylic acids is 1.